The zero-order valence-electron chi connectivity index (χ0n) is 21.1. The van der Waals surface area contributed by atoms with Crippen molar-refractivity contribution in [3.8, 4) is 5.75 Å². The number of rotatable bonds is 4. The van der Waals surface area contributed by atoms with Crippen molar-refractivity contribution in [2.45, 2.75) is 22.7 Å². The fraction of sp³-hybridized carbons (Fsp3) is 0.286. The van der Waals surface area contributed by atoms with Crippen LogP contribution in [0.1, 0.15) is 22.6 Å². The summed E-state index contributed by atoms with van der Waals surface area (Å²) in [5.74, 6) is 0.0686. The SMILES string of the molecule is COc1ccc(CN2C(=O)C3(SC2=S)C(c2ccncc2)CN(C)C32C(=O)N(C)c3ccc(Cl)cc32)cc1. The number of pyridine rings is 1. The summed E-state index contributed by atoms with van der Waals surface area (Å²) in [4.78, 5) is 38.8. The number of likely N-dealkylation sites (N-methyl/N-ethyl adjacent to an activating group) is 2. The van der Waals surface area contributed by atoms with Crippen molar-refractivity contribution in [2.75, 3.05) is 32.6 Å². The molecule has 0 N–H and O–H groups in total. The maximum absolute atomic E-state index is 14.9. The molecule has 38 heavy (non-hydrogen) atoms. The topological polar surface area (TPSA) is 66.0 Å². The Morgan fingerprint density at radius 3 is 2.47 bits per heavy atom. The number of thiocarbonyl (C=S) groups is 1. The van der Waals surface area contributed by atoms with E-state index in [1.54, 1.807) is 42.4 Å². The number of hydrogen-bond donors (Lipinski definition) is 0. The second-order valence-corrected chi connectivity index (χ2v) is 12.1. The molecular formula is C28H25ClN4O3S2. The minimum absolute atomic E-state index is 0.163. The average molecular weight is 565 g/mol. The molecule has 4 heterocycles. The van der Waals surface area contributed by atoms with E-state index < -0.39 is 10.3 Å². The van der Waals surface area contributed by atoms with Gasteiger partial charge in [-0.1, -0.05) is 47.7 Å². The summed E-state index contributed by atoms with van der Waals surface area (Å²) in [7, 11) is 5.28. The molecule has 2 amide bonds. The molecule has 3 atom stereocenters. The highest BCUT2D eigenvalue weighted by Crippen LogP contribution is 2.66. The molecule has 1 aromatic heterocycles. The Bertz CT molecular complexity index is 1470. The molecule has 3 aliphatic rings. The Labute approximate surface area is 235 Å². The lowest BCUT2D eigenvalue weighted by atomic mass is 9.72. The number of halogens is 1. The quantitative estimate of drug-likeness (QED) is 0.434. The molecule has 0 bridgehead atoms. The van der Waals surface area contributed by atoms with Crippen LogP contribution >= 0.6 is 35.6 Å². The first-order chi connectivity index (χ1) is 18.3. The van der Waals surface area contributed by atoms with Crippen LogP contribution in [-0.2, 0) is 21.7 Å². The number of likely N-dealkylation sites (tertiary alicyclic amines) is 1. The van der Waals surface area contributed by atoms with Gasteiger partial charge in [-0.15, -0.1) is 0 Å². The number of hydrogen-bond acceptors (Lipinski definition) is 7. The van der Waals surface area contributed by atoms with Crippen LogP contribution < -0.4 is 9.64 Å². The van der Waals surface area contributed by atoms with Gasteiger partial charge in [-0.25, -0.2) is 0 Å². The Morgan fingerprint density at radius 1 is 1.08 bits per heavy atom. The van der Waals surface area contributed by atoms with Crippen LogP contribution in [-0.4, -0.2) is 63.4 Å². The number of ether oxygens (including phenoxy) is 1. The molecule has 7 nitrogen and oxygen atoms in total. The van der Waals surface area contributed by atoms with Crippen LogP contribution in [0.5, 0.6) is 5.75 Å². The third-order valence-corrected chi connectivity index (χ3v) is 10.2. The Morgan fingerprint density at radius 2 is 1.79 bits per heavy atom. The van der Waals surface area contributed by atoms with E-state index in [-0.39, 0.29) is 17.7 Å². The molecule has 0 aliphatic carbocycles. The minimum Gasteiger partial charge on any atom is -0.497 e. The number of amides is 2. The smallest absolute Gasteiger partial charge is 0.254 e. The monoisotopic (exact) mass is 564 g/mol. The summed E-state index contributed by atoms with van der Waals surface area (Å²) in [6.45, 7) is 0.777. The number of carbonyl (C=O) groups excluding carboxylic acids is 2. The lowest BCUT2D eigenvalue weighted by molar-refractivity contribution is -0.139. The first-order valence-electron chi connectivity index (χ1n) is 12.1. The molecule has 2 saturated heterocycles. The molecule has 3 unspecified atom stereocenters. The van der Waals surface area contributed by atoms with E-state index in [0.717, 1.165) is 28.1 Å². The van der Waals surface area contributed by atoms with E-state index >= 15 is 0 Å². The van der Waals surface area contributed by atoms with Gasteiger partial charge in [0.1, 0.15) is 14.8 Å². The van der Waals surface area contributed by atoms with E-state index in [1.807, 2.05) is 60.5 Å². The predicted octanol–water partition coefficient (Wildman–Crippen LogP) is 4.44. The summed E-state index contributed by atoms with van der Waals surface area (Å²) < 4.78 is 4.49. The van der Waals surface area contributed by atoms with Crippen LogP contribution in [0.25, 0.3) is 0 Å². The maximum Gasteiger partial charge on any atom is 0.254 e. The van der Waals surface area contributed by atoms with Gasteiger partial charge in [-0.2, -0.15) is 0 Å². The highest BCUT2D eigenvalue weighted by atomic mass is 35.5. The lowest BCUT2D eigenvalue weighted by Gasteiger charge is -2.42. The molecule has 2 spiro atoms. The second kappa shape index (κ2) is 9.05. The fourth-order valence-corrected chi connectivity index (χ4v) is 8.61. The van der Waals surface area contributed by atoms with E-state index in [9.17, 15) is 9.59 Å². The van der Waals surface area contributed by atoms with Gasteiger partial charge in [0.05, 0.1) is 13.7 Å². The zero-order valence-corrected chi connectivity index (χ0v) is 23.4. The molecule has 2 fully saturated rings. The van der Waals surface area contributed by atoms with Crippen molar-refractivity contribution in [3.05, 3.63) is 88.7 Å². The third-order valence-electron chi connectivity index (χ3n) is 8.02. The van der Waals surface area contributed by atoms with Crippen molar-refractivity contribution in [3.63, 3.8) is 0 Å². The normalized spacial score (nSPS) is 26.7. The van der Waals surface area contributed by atoms with Crippen LogP contribution in [0.15, 0.2) is 67.0 Å². The van der Waals surface area contributed by atoms with Crippen LogP contribution in [0.2, 0.25) is 5.02 Å². The van der Waals surface area contributed by atoms with Gasteiger partial charge >= 0.3 is 0 Å². The van der Waals surface area contributed by atoms with Crippen molar-refractivity contribution in [2.24, 2.45) is 0 Å². The molecule has 194 valence electrons. The number of benzene rings is 2. The van der Waals surface area contributed by atoms with E-state index in [1.165, 1.54) is 11.8 Å². The molecule has 2 aromatic carbocycles. The molecule has 0 saturated carbocycles. The van der Waals surface area contributed by atoms with Gasteiger partial charge in [-0.05, 0) is 60.6 Å². The fourth-order valence-electron chi connectivity index (χ4n) is 6.32. The molecule has 3 aromatic rings. The number of thioether (sulfide) groups is 1. The number of methoxy groups -OCH3 is 1. The van der Waals surface area contributed by atoms with Crippen molar-refractivity contribution >= 4 is 57.4 Å². The molecular weight excluding hydrogens is 540 g/mol. The first kappa shape index (κ1) is 25.3. The Kier molecular flexibility index (Phi) is 6.03. The highest BCUT2D eigenvalue weighted by Gasteiger charge is 2.78. The second-order valence-electron chi connectivity index (χ2n) is 9.79. The van der Waals surface area contributed by atoms with E-state index in [0.29, 0.717) is 22.4 Å². The van der Waals surface area contributed by atoms with Crippen LogP contribution in [0.3, 0.4) is 0 Å². The zero-order chi connectivity index (χ0) is 26.8. The van der Waals surface area contributed by atoms with Gasteiger partial charge < -0.3 is 9.64 Å². The summed E-state index contributed by atoms with van der Waals surface area (Å²) in [6.07, 6.45) is 3.44. The average Bonchev–Trinajstić information content (AvgIpc) is 3.43. The standard InChI is InChI=1S/C28H25ClN4O3S2/c1-31-16-22(18-10-12-30-13-11-18)28(27(31)21-14-19(29)6-9-23(21)32(2)24(27)34)25(35)33(26(37)38-28)15-17-4-7-20(36-3)8-5-17/h4-14,22H,15-16H2,1-3H3. The maximum atomic E-state index is 14.9. The first-order valence-corrected chi connectivity index (χ1v) is 13.7. The minimum atomic E-state index is -1.30. The largest absolute Gasteiger partial charge is 0.497 e. The Hall–Kier alpha value is -2.98. The molecule has 10 heteroatoms. The molecule has 0 radical (unpaired) electrons. The summed E-state index contributed by atoms with van der Waals surface area (Å²) in [5, 5.41) is 0.509. The van der Waals surface area contributed by atoms with E-state index in [2.05, 4.69) is 4.98 Å². The summed E-state index contributed by atoms with van der Waals surface area (Å²) in [6, 6.07) is 16.9. The number of nitrogens with zero attached hydrogens (tertiary/aromatic N) is 4. The number of anilines is 1. The van der Waals surface area contributed by atoms with Crippen molar-refractivity contribution in [1.82, 2.24) is 14.8 Å². The molecule has 6 rings (SSSR count). The number of aromatic nitrogens is 1. The lowest BCUT2D eigenvalue weighted by Crippen LogP contribution is -2.62. The van der Waals surface area contributed by atoms with E-state index in [4.69, 9.17) is 28.6 Å². The highest BCUT2D eigenvalue weighted by molar-refractivity contribution is 8.25. The van der Waals surface area contributed by atoms with Gasteiger partial charge in [-0.3, -0.25) is 24.4 Å². The third kappa shape index (κ3) is 3.25. The molecule has 3 aliphatic heterocycles. The van der Waals surface area contributed by atoms with Crippen molar-refractivity contribution < 1.29 is 14.3 Å². The van der Waals surface area contributed by atoms with Gasteiger partial charge in [0.2, 0.25) is 5.91 Å². The Balaban J connectivity index is 1.56. The van der Waals surface area contributed by atoms with Gasteiger partial charge in [0, 0.05) is 48.2 Å². The number of carbonyl (C=O) groups is 2. The summed E-state index contributed by atoms with van der Waals surface area (Å²) in [5.41, 5.74) is 2.03. The summed E-state index contributed by atoms with van der Waals surface area (Å²) >= 11 is 13.7. The van der Waals surface area contributed by atoms with Gasteiger partial charge in [0.15, 0.2) is 5.54 Å². The predicted molar refractivity (Wildman–Crippen MR) is 153 cm³/mol. The van der Waals surface area contributed by atoms with Crippen molar-refractivity contribution in [1.29, 1.82) is 0 Å². The number of fused-ring (bicyclic) bond motifs is 3. The van der Waals surface area contributed by atoms with Crippen LogP contribution in [0.4, 0.5) is 5.69 Å². The van der Waals surface area contributed by atoms with Gasteiger partial charge in [0.25, 0.3) is 5.91 Å². The van der Waals surface area contributed by atoms with Crippen LogP contribution in [0, 0.1) is 0 Å².